The molecule has 0 saturated carbocycles. The van der Waals surface area contributed by atoms with E-state index < -0.39 is 12.5 Å². The van der Waals surface area contributed by atoms with Crippen molar-refractivity contribution < 1.29 is 8.78 Å². The highest BCUT2D eigenvalue weighted by atomic mass is 19.3. The summed E-state index contributed by atoms with van der Waals surface area (Å²) in [5, 5.41) is 3.01. The van der Waals surface area contributed by atoms with E-state index in [1.54, 1.807) is 0 Å². The van der Waals surface area contributed by atoms with Crippen LogP contribution in [0.25, 0.3) is 0 Å². The highest BCUT2D eigenvalue weighted by molar-refractivity contribution is 5.14. The van der Waals surface area contributed by atoms with Gasteiger partial charge in [0, 0.05) is 26.2 Å². The van der Waals surface area contributed by atoms with Crippen molar-refractivity contribution in [2.24, 2.45) is 0 Å². The summed E-state index contributed by atoms with van der Waals surface area (Å²) in [7, 11) is 0. The molecule has 1 atom stereocenters. The Hall–Kier alpha value is -1.00. The number of benzene rings is 1. The van der Waals surface area contributed by atoms with E-state index >= 15 is 0 Å². The summed E-state index contributed by atoms with van der Waals surface area (Å²) in [6.07, 6.45) is -2.28. The normalized spacial score (nSPS) is 22.6. The van der Waals surface area contributed by atoms with Gasteiger partial charge in [-0.3, -0.25) is 4.90 Å². The van der Waals surface area contributed by atoms with Gasteiger partial charge in [0.2, 0.25) is 0 Å². The number of hydrogen-bond donors (Lipinski definition) is 1. The molecule has 0 radical (unpaired) electrons. The molecule has 0 aromatic heterocycles. The van der Waals surface area contributed by atoms with Gasteiger partial charge in [0.1, 0.15) is 0 Å². The second-order valence-corrected chi connectivity index (χ2v) is 4.06. The zero-order valence-electron chi connectivity index (χ0n) is 9.07. The summed E-state index contributed by atoms with van der Waals surface area (Å²) in [5.41, 5.74) is 1.09. The van der Waals surface area contributed by atoms with Crippen molar-refractivity contribution in [3.05, 3.63) is 35.9 Å². The monoisotopic (exact) mass is 226 g/mol. The summed E-state index contributed by atoms with van der Waals surface area (Å²) in [4.78, 5) is 1.86. The van der Waals surface area contributed by atoms with Gasteiger partial charge in [-0.1, -0.05) is 30.3 Å². The summed E-state index contributed by atoms with van der Waals surface area (Å²) in [5.74, 6) is 0. The van der Waals surface area contributed by atoms with Crippen LogP contribution in [0.15, 0.2) is 30.3 Å². The Bertz CT molecular complexity index is 316. The van der Waals surface area contributed by atoms with E-state index in [0.29, 0.717) is 19.6 Å². The van der Waals surface area contributed by atoms with Crippen LogP contribution in [0.3, 0.4) is 0 Å². The molecule has 1 aromatic carbocycles. The third-order valence-electron chi connectivity index (χ3n) is 2.92. The van der Waals surface area contributed by atoms with E-state index in [2.05, 4.69) is 5.32 Å². The molecular formula is C12H16F2N2. The Morgan fingerprint density at radius 2 is 2.06 bits per heavy atom. The molecule has 1 unspecified atom stereocenters. The molecule has 0 aliphatic carbocycles. The first-order valence-corrected chi connectivity index (χ1v) is 5.54. The Balaban J connectivity index is 2.01. The van der Waals surface area contributed by atoms with Crippen LogP contribution in [-0.4, -0.2) is 37.0 Å². The molecule has 1 aliphatic rings. The van der Waals surface area contributed by atoms with Crippen molar-refractivity contribution >= 4 is 0 Å². The van der Waals surface area contributed by atoms with Gasteiger partial charge in [-0.2, -0.15) is 0 Å². The fourth-order valence-corrected chi connectivity index (χ4v) is 2.03. The van der Waals surface area contributed by atoms with Crippen molar-refractivity contribution in [2.45, 2.75) is 19.0 Å². The largest absolute Gasteiger partial charge is 0.314 e. The Kier molecular flexibility index (Phi) is 3.85. The molecule has 1 heterocycles. The number of nitrogens with zero attached hydrogens (tertiary/aromatic N) is 1. The van der Waals surface area contributed by atoms with Crippen molar-refractivity contribution in [1.29, 1.82) is 0 Å². The first kappa shape index (κ1) is 11.5. The number of alkyl halides is 2. The lowest BCUT2D eigenvalue weighted by molar-refractivity contribution is 0.00828. The summed E-state index contributed by atoms with van der Waals surface area (Å²) in [6, 6.07) is 9.11. The molecule has 0 spiro atoms. The smallest absolute Gasteiger partial charge is 0.255 e. The van der Waals surface area contributed by atoms with Gasteiger partial charge in [-0.05, 0) is 5.56 Å². The molecule has 1 N–H and O–H groups in total. The van der Waals surface area contributed by atoms with Crippen molar-refractivity contribution in [2.75, 3.05) is 19.6 Å². The van der Waals surface area contributed by atoms with Crippen molar-refractivity contribution in [1.82, 2.24) is 10.2 Å². The second kappa shape index (κ2) is 5.37. The van der Waals surface area contributed by atoms with Crippen LogP contribution in [0.2, 0.25) is 0 Å². The highest BCUT2D eigenvalue weighted by Gasteiger charge is 2.29. The molecule has 0 amide bonds. The van der Waals surface area contributed by atoms with E-state index in [9.17, 15) is 8.78 Å². The predicted molar refractivity (Wildman–Crippen MR) is 59.5 cm³/mol. The first-order chi connectivity index (χ1) is 7.77. The van der Waals surface area contributed by atoms with Crippen LogP contribution in [0.4, 0.5) is 8.78 Å². The van der Waals surface area contributed by atoms with E-state index in [1.165, 1.54) is 0 Å². The third-order valence-corrected chi connectivity index (χ3v) is 2.92. The summed E-state index contributed by atoms with van der Waals surface area (Å²) in [6.45, 7) is 2.46. The van der Waals surface area contributed by atoms with E-state index in [-0.39, 0.29) is 0 Å². The Morgan fingerprint density at radius 1 is 1.31 bits per heavy atom. The van der Waals surface area contributed by atoms with Gasteiger partial charge in [0.25, 0.3) is 6.43 Å². The molecular weight excluding hydrogens is 210 g/mol. The minimum absolute atomic E-state index is 0.379. The second-order valence-electron chi connectivity index (χ2n) is 4.06. The predicted octanol–water partition coefficient (Wildman–Crippen LogP) is 1.73. The molecule has 16 heavy (non-hydrogen) atoms. The number of hydrogen-bond acceptors (Lipinski definition) is 2. The van der Waals surface area contributed by atoms with Crippen LogP contribution in [0.1, 0.15) is 5.56 Å². The van der Waals surface area contributed by atoms with Crippen LogP contribution >= 0.6 is 0 Å². The van der Waals surface area contributed by atoms with Gasteiger partial charge in [0.05, 0.1) is 6.04 Å². The highest BCUT2D eigenvalue weighted by Crippen LogP contribution is 2.15. The number of piperazine rings is 1. The number of rotatable bonds is 3. The summed E-state index contributed by atoms with van der Waals surface area (Å²) >= 11 is 0. The number of halogens is 2. The van der Waals surface area contributed by atoms with E-state index in [0.717, 1.165) is 12.1 Å². The van der Waals surface area contributed by atoms with Crippen LogP contribution < -0.4 is 5.32 Å². The lowest BCUT2D eigenvalue weighted by Crippen LogP contribution is -2.53. The maximum Gasteiger partial charge on any atom is 0.255 e. The molecule has 88 valence electrons. The van der Waals surface area contributed by atoms with E-state index in [4.69, 9.17) is 0 Å². The van der Waals surface area contributed by atoms with Crippen LogP contribution in [0.5, 0.6) is 0 Å². The first-order valence-electron chi connectivity index (χ1n) is 5.54. The minimum atomic E-state index is -2.28. The SMILES string of the molecule is FC(F)C1CNCCN1Cc1ccccc1. The molecule has 1 fully saturated rings. The summed E-state index contributed by atoms with van der Waals surface area (Å²) < 4.78 is 25.6. The Labute approximate surface area is 94.3 Å². The molecule has 0 bridgehead atoms. The van der Waals surface area contributed by atoms with Gasteiger partial charge in [-0.25, -0.2) is 8.78 Å². The van der Waals surface area contributed by atoms with Crippen LogP contribution in [0, 0.1) is 0 Å². The zero-order chi connectivity index (χ0) is 11.4. The molecule has 1 aliphatic heterocycles. The van der Waals surface area contributed by atoms with Gasteiger partial charge >= 0.3 is 0 Å². The minimum Gasteiger partial charge on any atom is -0.314 e. The lowest BCUT2D eigenvalue weighted by atomic mass is 10.1. The standard InChI is InChI=1S/C12H16F2N2/c13-12(14)11-8-15-6-7-16(11)9-10-4-2-1-3-5-10/h1-5,11-12,15H,6-9H2. The topological polar surface area (TPSA) is 15.3 Å². The maximum absolute atomic E-state index is 12.8. The van der Waals surface area contributed by atoms with Crippen LogP contribution in [-0.2, 0) is 6.54 Å². The average Bonchev–Trinajstić information content (AvgIpc) is 2.31. The molecule has 4 heteroatoms. The number of nitrogens with one attached hydrogen (secondary N) is 1. The van der Waals surface area contributed by atoms with Crippen molar-refractivity contribution in [3.8, 4) is 0 Å². The van der Waals surface area contributed by atoms with Gasteiger partial charge in [0.15, 0.2) is 0 Å². The zero-order valence-corrected chi connectivity index (χ0v) is 9.07. The average molecular weight is 226 g/mol. The fraction of sp³-hybridized carbons (Fsp3) is 0.500. The van der Waals surface area contributed by atoms with Crippen molar-refractivity contribution in [3.63, 3.8) is 0 Å². The Morgan fingerprint density at radius 3 is 2.75 bits per heavy atom. The van der Waals surface area contributed by atoms with Gasteiger partial charge < -0.3 is 5.32 Å². The molecule has 2 rings (SSSR count). The third kappa shape index (κ3) is 2.77. The van der Waals surface area contributed by atoms with Gasteiger partial charge in [-0.15, -0.1) is 0 Å². The quantitative estimate of drug-likeness (QED) is 0.844. The lowest BCUT2D eigenvalue weighted by Gasteiger charge is -2.35. The maximum atomic E-state index is 12.8. The molecule has 1 aromatic rings. The fourth-order valence-electron chi connectivity index (χ4n) is 2.03. The van der Waals surface area contributed by atoms with E-state index in [1.807, 2.05) is 35.2 Å². The molecule has 1 saturated heterocycles. The molecule has 2 nitrogen and oxygen atoms in total.